The lowest BCUT2D eigenvalue weighted by atomic mass is 10.3. The maximum atomic E-state index is 10.3. The van der Waals surface area contributed by atoms with Crippen LogP contribution in [0.15, 0.2) is 42.1 Å². The molecule has 0 unspecified atom stereocenters. The molecule has 0 saturated carbocycles. The van der Waals surface area contributed by atoms with Crippen LogP contribution in [0.2, 0.25) is 0 Å². The second-order valence-electron chi connectivity index (χ2n) is 2.70. The summed E-state index contributed by atoms with van der Waals surface area (Å²) in [6.07, 6.45) is 3.01. The zero-order valence-electron chi connectivity index (χ0n) is 7.77. The van der Waals surface area contributed by atoms with Gasteiger partial charge in [-0.25, -0.2) is 0 Å². The van der Waals surface area contributed by atoms with Crippen molar-refractivity contribution in [2.24, 2.45) is 0 Å². The fourth-order valence-corrected chi connectivity index (χ4v) is 1.01. The number of allylic oxidation sites excluding steroid dienone is 1. The van der Waals surface area contributed by atoms with Gasteiger partial charge in [0.05, 0.1) is 0 Å². The Morgan fingerprint density at radius 2 is 2.07 bits per heavy atom. The van der Waals surface area contributed by atoms with Gasteiger partial charge in [0.25, 0.3) is 0 Å². The predicted molar refractivity (Wildman–Crippen MR) is 54.2 cm³/mol. The summed E-state index contributed by atoms with van der Waals surface area (Å²) < 4.78 is 0. The van der Waals surface area contributed by atoms with E-state index in [1.165, 1.54) is 6.20 Å². The highest BCUT2D eigenvalue weighted by atomic mass is 16.1. The Labute approximate surface area is 82.9 Å². The molecule has 0 aliphatic rings. The molecular formula is C11H9N2O. The van der Waals surface area contributed by atoms with Crippen LogP contribution in [0.1, 0.15) is 0 Å². The Hall–Kier alpha value is -2.08. The van der Waals surface area contributed by atoms with E-state index < -0.39 is 0 Å². The quantitative estimate of drug-likeness (QED) is 0.531. The summed E-state index contributed by atoms with van der Waals surface area (Å²) in [5, 5.41) is 8.51. The molecule has 1 rings (SSSR count). The molecule has 1 aromatic rings. The molecule has 0 heterocycles. The van der Waals surface area contributed by atoms with Crippen LogP contribution in [0, 0.1) is 11.3 Å². The number of rotatable bonds is 3. The summed E-state index contributed by atoms with van der Waals surface area (Å²) >= 11 is 0. The van der Waals surface area contributed by atoms with Gasteiger partial charge in [0, 0.05) is 18.9 Å². The molecule has 0 spiro atoms. The molecule has 0 aliphatic carbocycles. The van der Waals surface area contributed by atoms with Gasteiger partial charge < -0.3 is 4.90 Å². The minimum Gasteiger partial charge on any atom is -0.350 e. The number of carbonyl (C=O) groups excluding carboxylic acids is 1. The van der Waals surface area contributed by atoms with Gasteiger partial charge >= 0.3 is 0 Å². The molecule has 1 radical (unpaired) electrons. The predicted octanol–water partition coefficient (Wildman–Crippen LogP) is 1.64. The Kier molecular flexibility index (Phi) is 3.45. The first-order valence-corrected chi connectivity index (χ1v) is 4.06. The summed E-state index contributed by atoms with van der Waals surface area (Å²) in [7, 11) is 1.77. The lowest BCUT2D eigenvalue weighted by Gasteiger charge is -2.13. The van der Waals surface area contributed by atoms with Gasteiger partial charge in [0.2, 0.25) is 6.29 Å². The Bertz CT molecular complexity index is 376. The highest BCUT2D eigenvalue weighted by Gasteiger charge is 1.98. The third-order valence-corrected chi connectivity index (χ3v) is 1.72. The van der Waals surface area contributed by atoms with E-state index in [1.54, 1.807) is 24.3 Å². The van der Waals surface area contributed by atoms with Crippen molar-refractivity contribution in [2.45, 2.75) is 0 Å². The summed E-state index contributed by atoms with van der Waals surface area (Å²) in [5.74, 6) is 0. The van der Waals surface area contributed by atoms with Crippen molar-refractivity contribution >= 4 is 12.0 Å². The van der Waals surface area contributed by atoms with Crippen LogP contribution in [0.25, 0.3) is 0 Å². The highest BCUT2D eigenvalue weighted by Crippen LogP contribution is 2.11. The van der Waals surface area contributed by atoms with Crippen LogP contribution in [-0.2, 0) is 4.79 Å². The van der Waals surface area contributed by atoms with Gasteiger partial charge in [-0.2, -0.15) is 5.26 Å². The number of benzene rings is 1. The number of hydrogen-bond donors (Lipinski definition) is 0. The Morgan fingerprint density at radius 3 is 2.57 bits per heavy atom. The van der Waals surface area contributed by atoms with E-state index in [2.05, 4.69) is 0 Å². The zero-order chi connectivity index (χ0) is 10.4. The molecule has 0 N–H and O–H groups in total. The van der Waals surface area contributed by atoms with Crippen molar-refractivity contribution < 1.29 is 4.79 Å². The summed E-state index contributed by atoms with van der Waals surface area (Å²) in [5.41, 5.74) is 0.895. The molecule has 14 heavy (non-hydrogen) atoms. The zero-order valence-corrected chi connectivity index (χ0v) is 7.77. The van der Waals surface area contributed by atoms with Crippen LogP contribution in [-0.4, -0.2) is 13.3 Å². The first-order chi connectivity index (χ1) is 6.77. The lowest BCUT2D eigenvalue weighted by Crippen LogP contribution is -2.09. The molecule has 0 amide bonds. The van der Waals surface area contributed by atoms with E-state index in [0.29, 0.717) is 0 Å². The van der Waals surface area contributed by atoms with Crippen LogP contribution >= 0.6 is 0 Å². The number of para-hydroxylation sites is 1. The topological polar surface area (TPSA) is 44.1 Å². The van der Waals surface area contributed by atoms with E-state index in [9.17, 15) is 4.79 Å². The van der Waals surface area contributed by atoms with E-state index in [4.69, 9.17) is 5.26 Å². The fraction of sp³-hybridized carbons (Fsp3) is 0.0909. The fourth-order valence-electron chi connectivity index (χ4n) is 1.01. The van der Waals surface area contributed by atoms with Crippen molar-refractivity contribution in [2.75, 3.05) is 11.9 Å². The maximum absolute atomic E-state index is 10.3. The summed E-state index contributed by atoms with van der Waals surface area (Å²) in [4.78, 5) is 12.0. The molecule has 0 aliphatic heterocycles. The van der Waals surface area contributed by atoms with Crippen LogP contribution in [0.5, 0.6) is 0 Å². The second-order valence-corrected chi connectivity index (χ2v) is 2.70. The van der Waals surface area contributed by atoms with Crippen molar-refractivity contribution in [3.05, 3.63) is 42.1 Å². The third kappa shape index (κ3) is 2.46. The molecule has 3 heteroatoms. The number of anilines is 1. The van der Waals surface area contributed by atoms with E-state index >= 15 is 0 Å². The van der Waals surface area contributed by atoms with Gasteiger partial charge in [0.15, 0.2) is 0 Å². The van der Waals surface area contributed by atoms with E-state index in [1.807, 2.05) is 30.3 Å². The van der Waals surface area contributed by atoms with E-state index in [-0.39, 0.29) is 5.57 Å². The molecular weight excluding hydrogens is 176 g/mol. The number of nitriles is 1. The van der Waals surface area contributed by atoms with E-state index in [0.717, 1.165) is 5.69 Å². The Balaban J connectivity index is 2.88. The smallest absolute Gasteiger partial charge is 0.246 e. The molecule has 0 fully saturated rings. The van der Waals surface area contributed by atoms with Crippen molar-refractivity contribution in [3.8, 4) is 6.07 Å². The molecule has 69 valence electrons. The number of nitrogens with zero attached hydrogens (tertiary/aromatic N) is 2. The van der Waals surface area contributed by atoms with Crippen LogP contribution in [0.3, 0.4) is 0 Å². The Morgan fingerprint density at radius 1 is 1.43 bits per heavy atom. The van der Waals surface area contributed by atoms with Crippen molar-refractivity contribution in [1.29, 1.82) is 5.26 Å². The summed E-state index contributed by atoms with van der Waals surface area (Å²) in [6, 6.07) is 11.2. The molecule has 1 aromatic carbocycles. The monoisotopic (exact) mass is 185 g/mol. The number of hydrogen-bond acceptors (Lipinski definition) is 3. The van der Waals surface area contributed by atoms with Crippen LogP contribution in [0.4, 0.5) is 5.69 Å². The second kappa shape index (κ2) is 4.83. The molecule has 0 bridgehead atoms. The van der Waals surface area contributed by atoms with Crippen LogP contribution < -0.4 is 4.90 Å². The average molecular weight is 185 g/mol. The minimum absolute atomic E-state index is 0.0173. The summed E-state index contributed by atoms with van der Waals surface area (Å²) in [6.45, 7) is 0. The van der Waals surface area contributed by atoms with Gasteiger partial charge in [-0.3, -0.25) is 4.79 Å². The normalized spacial score (nSPS) is 10.4. The highest BCUT2D eigenvalue weighted by molar-refractivity contribution is 5.80. The van der Waals surface area contributed by atoms with Crippen molar-refractivity contribution in [1.82, 2.24) is 0 Å². The van der Waals surface area contributed by atoms with Crippen molar-refractivity contribution in [3.63, 3.8) is 0 Å². The first-order valence-electron chi connectivity index (χ1n) is 4.06. The molecule has 0 atom stereocenters. The minimum atomic E-state index is -0.0173. The maximum Gasteiger partial charge on any atom is 0.246 e. The first kappa shape index (κ1) is 10.0. The molecule has 0 aromatic heterocycles. The molecule has 0 saturated heterocycles. The standard InChI is InChI=1S/C11H9N2O/c1-13(8-10(7-12)9-14)11-5-3-2-4-6-11/h2-6,8H,1H3. The third-order valence-electron chi connectivity index (χ3n) is 1.72. The van der Waals surface area contributed by atoms with Gasteiger partial charge in [-0.05, 0) is 12.1 Å². The van der Waals surface area contributed by atoms with Gasteiger partial charge in [-0.15, -0.1) is 0 Å². The van der Waals surface area contributed by atoms with Gasteiger partial charge in [-0.1, -0.05) is 18.2 Å². The molecule has 3 nitrogen and oxygen atoms in total. The largest absolute Gasteiger partial charge is 0.350 e. The average Bonchev–Trinajstić information content (AvgIpc) is 2.26. The lowest BCUT2D eigenvalue weighted by molar-refractivity contribution is 0.562. The van der Waals surface area contributed by atoms with Gasteiger partial charge in [0.1, 0.15) is 11.6 Å². The SMILES string of the molecule is CN(C=C([C]=O)C#N)c1ccccc1.